The van der Waals surface area contributed by atoms with E-state index < -0.39 is 0 Å². The highest BCUT2D eigenvalue weighted by Gasteiger charge is 2.26. The average molecular weight is 155 g/mol. The quantitative estimate of drug-likeness (QED) is 0.613. The Hall–Kier alpha value is -0.340. The zero-order chi connectivity index (χ0) is 8.32. The summed E-state index contributed by atoms with van der Waals surface area (Å²) in [6, 6.07) is 0. The fourth-order valence-corrected chi connectivity index (χ4v) is 1.36. The van der Waals surface area contributed by atoms with Crippen molar-refractivity contribution < 1.29 is 4.74 Å². The topological polar surface area (TPSA) is 35.2 Å². The maximum absolute atomic E-state index is 5.54. The summed E-state index contributed by atoms with van der Waals surface area (Å²) in [6.45, 7) is 5.78. The second-order valence-corrected chi connectivity index (χ2v) is 3.66. The van der Waals surface area contributed by atoms with Gasteiger partial charge in [-0.05, 0) is 38.8 Å². The van der Waals surface area contributed by atoms with Crippen molar-refractivity contribution in [3.8, 4) is 0 Å². The van der Waals surface area contributed by atoms with E-state index in [4.69, 9.17) is 10.5 Å². The monoisotopic (exact) mass is 155 g/mol. The fourth-order valence-electron chi connectivity index (χ4n) is 1.36. The van der Waals surface area contributed by atoms with Crippen molar-refractivity contribution in [2.45, 2.75) is 32.3 Å². The molecule has 1 aliphatic rings. The van der Waals surface area contributed by atoms with Crippen LogP contribution in [0.1, 0.15) is 26.7 Å². The second kappa shape index (κ2) is 3.37. The van der Waals surface area contributed by atoms with Crippen molar-refractivity contribution in [1.29, 1.82) is 0 Å². The molecule has 0 unspecified atom stereocenters. The smallest absolute Gasteiger partial charge is 0.0685 e. The number of hydrogen-bond acceptors (Lipinski definition) is 2. The van der Waals surface area contributed by atoms with E-state index in [0.29, 0.717) is 0 Å². The maximum atomic E-state index is 5.54. The normalized spacial score (nSPS) is 26.3. The number of ether oxygens (including phenoxy) is 1. The van der Waals surface area contributed by atoms with E-state index in [-0.39, 0.29) is 5.60 Å². The van der Waals surface area contributed by atoms with Gasteiger partial charge in [0.05, 0.1) is 12.2 Å². The summed E-state index contributed by atoms with van der Waals surface area (Å²) < 4.78 is 5.54. The Balaban J connectivity index is 2.41. The third-order valence-corrected chi connectivity index (χ3v) is 1.90. The van der Waals surface area contributed by atoms with Crippen LogP contribution >= 0.6 is 0 Å². The number of rotatable bonds is 2. The van der Waals surface area contributed by atoms with Crippen LogP contribution in [0.15, 0.2) is 11.6 Å². The molecule has 0 aromatic carbocycles. The molecule has 0 aromatic heterocycles. The summed E-state index contributed by atoms with van der Waals surface area (Å²) in [6.07, 6.45) is 4.25. The molecule has 1 aliphatic heterocycles. The molecule has 0 aromatic rings. The third kappa shape index (κ3) is 2.64. The van der Waals surface area contributed by atoms with Crippen LogP contribution in [-0.2, 0) is 4.74 Å². The minimum Gasteiger partial charge on any atom is -0.371 e. The molecule has 64 valence electrons. The molecule has 1 rings (SSSR count). The van der Waals surface area contributed by atoms with E-state index in [1.165, 1.54) is 5.57 Å². The van der Waals surface area contributed by atoms with Crippen LogP contribution in [0.25, 0.3) is 0 Å². The fraction of sp³-hybridized carbons (Fsp3) is 0.778. The molecule has 11 heavy (non-hydrogen) atoms. The van der Waals surface area contributed by atoms with Gasteiger partial charge < -0.3 is 10.5 Å². The molecule has 1 saturated heterocycles. The second-order valence-electron chi connectivity index (χ2n) is 3.66. The van der Waals surface area contributed by atoms with E-state index >= 15 is 0 Å². The molecule has 0 aliphatic carbocycles. The molecule has 2 N–H and O–H groups in total. The molecule has 1 heterocycles. The first kappa shape index (κ1) is 8.75. The summed E-state index contributed by atoms with van der Waals surface area (Å²) in [5.41, 5.74) is 6.85. The van der Waals surface area contributed by atoms with Gasteiger partial charge in [-0.15, -0.1) is 0 Å². The molecule has 2 heteroatoms. The van der Waals surface area contributed by atoms with Gasteiger partial charge >= 0.3 is 0 Å². The Labute approximate surface area is 68.4 Å². The van der Waals surface area contributed by atoms with E-state index in [9.17, 15) is 0 Å². The number of nitrogens with two attached hydrogens (primary N) is 1. The van der Waals surface area contributed by atoms with Crippen molar-refractivity contribution in [3.63, 3.8) is 0 Å². The summed E-state index contributed by atoms with van der Waals surface area (Å²) in [5, 5.41) is 0. The van der Waals surface area contributed by atoms with E-state index in [2.05, 4.69) is 19.9 Å². The molecule has 0 atom stereocenters. The van der Waals surface area contributed by atoms with Crippen LogP contribution in [0, 0.1) is 0 Å². The molecule has 0 saturated carbocycles. The van der Waals surface area contributed by atoms with Gasteiger partial charge in [0.2, 0.25) is 0 Å². The maximum Gasteiger partial charge on any atom is 0.0685 e. The lowest BCUT2D eigenvalue weighted by molar-refractivity contribution is 0.0377. The van der Waals surface area contributed by atoms with Crippen LogP contribution in [0.3, 0.4) is 0 Å². The molecule has 2 nitrogen and oxygen atoms in total. The lowest BCUT2D eigenvalue weighted by Gasteiger charge is -2.14. The van der Waals surface area contributed by atoms with Crippen LogP contribution < -0.4 is 5.73 Å². The molecular weight excluding hydrogens is 138 g/mol. The minimum absolute atomic E-state index is 0.0560. The first-order valence-corrected chi connectivity index (χ1v) is 4.16. The van der Waals surface area contributed by atoms with Gasteiger partial charge in [-0.1, -0.05) is 6.08 Å². The van der Waals surface area contributed by atoms with Crippen LogP contribution in [0.4, 0.5) is 0 Å². The SMILES string of the molecule is CC1(C)C/C(=C\CCN)CO1. The summed E-state index contributed by atoms with van der Waals surface area (Å²) in [7, 11) is 0. The average Bonchev–Trinajstić information content (AvgIpc) is 2.26. The van der Waals surface area contributed by atoms with Gasteiger partial charge in [0.15, 0.2) is 0 Å². The Bertz CT molecular complexity index is 161. The molecule has 0 spiro atoms. The molecule has 0 bridgehead atoms. The Morgan fingerprint density at radius 1 is 1.64 bits per heavy atom. The summed E-state index contributed by atoms with van der Waals surface area (Å²) >= 11 is 0. The van der Waals surface area contributed by atoms with E-state index in [1.807, 2.05) is 0 Å². The number of hydrogen-bond donors (Lipinski definition) is 1. The van der Waals surface area contributed by atoms with Gasteiger partial charge in [0.25, 0.3) is 0 Å². The summed E-state index contributed by atoms with van der Waals surface area (Å²) in [4.78, 5) is 0. The highest BCUT2D eigenvalue weighted by molar-refractivity contribution is 5.10. The Kier molecular flexibility index (Phi) is 2.68. The summed E-state index contributed by atoms with van der Waals surface area (Å²) in [5.74, 6) is 0. The van der Waals surface area contributed by atoms with Crippen LogP contribution in [0.2, 0.25) is 0 Å². The standard InChI is InChI=1S/C9H17NO/c1-9(2)6-8(7-11-9)4-3-5-10/h4H,3,5-7,10H2,1-2H3/b8-4+. The lowest BCUT2D eigenvalue weighted by atomic mass is 10.0. The van der Waals surface area contributed by atoms with Gasteiger partial charge in [-0.25, -0.2) is 0 Å². The van der Waals surface area contributed by atoms with Gasteiger partial charge in [0, 0.05) is 0 Å². The predicted octanol–water partition coefficient (Wildman–Crippen LogP) is 1.46. The first-order chi connectivity index (χ1) is 5.14. The van der Waals surface area contributed by atoms with Gasteiger partial charge in [-0.3, -0.25) is 0 Å². The van der Waals surface area contributed by atoms with Gasteiger partial charge in [0.1, 0.15) is 0 Å². The highest BCUT2D eigenvalue weighted by atomic mass is 16.5. The zero-order valence-corrected chi connectivity index (χ0v) is 7.39. The first-order valence-electron chi connectivity index (χ1n) is 4.16. The van der Waals surface area contributed by atoms with Crippen molar-refractivity contribution in [1.82, 2.24) is 0 Å². The Morgan fingerprint density at radius 3 is 2.82 bits per heavy atom. The van der Waals surface area contributed by atoms with Crippen molar-refractivity contribution in [3.05, 3.63) is 11.6 Å². The van der Waals surface area contributed by atoms with Crippen molar-refractivity contribution in [2.24, 2.45) is 5.73 Å². The highest BCUT2D eigenvalue weighted by Crippen LogP contribution is 2.28. The predicted molar refractivity (Wildman–Crippen MR) is 46.4 cm³/mol. The van der Waals surface area contributed by atoms with E-state index in [1.54, 1.807) is 0 Å². The molecular formula is C9H17NO. The molecule has 0 amide bonds. The largest absolute Gasteiger partial charge is 0.371 e. The Morgan fingerprint density at radius 2 is 2.36 bits per heavy atom. The van der Waals surface area contributed by atoms with Crippen LogP contribution in [0.5, 0.6) is 0 Å². The molecule has 1 fully saturated rings. The minimum atomic E-state index is 0.0560. The molecule has 0 radical (unpaired) electrons. The van der Waals surface area contributed by atoms with Crippen molar-refractivity contribution >= 4 is 0 Å². The van der Waals surface area contributed by atoms with Gasteiger partial charge in [-0.2, -0.15) is 0 Å². The van der Waals surface area contributed by atoms with Crippen molar-refractivity contribution in [2.75, 3.05) is 13.2 Å². The lowest BCUT2D eigenvalue weighted by Crippen LogP contribution is -2.16. The third-order valence-electron chi connectivity index (χ3n) is 1.90. The zero-order valence-electron chi connectivity index (χ0n) is 7.39. The van der Waals surface area contributed by atoms with E-state index in [0.717, 1.165) is 26.0 Å². The van der Waals surface area contributed by atoms with Crippen LogP contribution in [-0.4, -0.2) is 18.8 Å².